The van der Waals surface area contributed by atoms with Crippen LogP contribution in [0.4, 0.5) is 4.79 Å². The highest BCUT2D eigenvalue weighted by Crippen LogP contribution is 2.37. The molecule has 0 N–H and O–H groups in total. The van der Waals surface area contributed by atoms with Gasteiger partial charge in [0.1, 0.15) is 5.60 Å². The Morgan fingerprint density at radius 3 is 1.92 bits per heavy atom. The molecule has 3 aliphatic rings. The third kappa shape index (κ3) is 4.04. The molecule has 3 fully saturated rings. The van der Waals surface area contributed by atoms with E-state index in [1.165, 1.54) is 25.7 Å². The van der Waals surface area contributed by atoms with Crippen LogP contribution in [0.5, 0.6) is 0 Å². The first kappa shape index (κ1) is 17.6. The molecule has 2 heterocycles. The van der Waals surface area contributed by atoms with Crippen LogP contribution in [0.15, 0.2) is 0 Å². The van der Waals surface area contributed by atoms with Gasteiger partial charge in [-0.15, -0.1) is 0 Å². The standard InChI is InChI=1S/C19H32N2O3/c1-19(2,3)24-18(23)20-10-8-14(9-11-20)17(22)21-12-15-6-4-5-7-16(15)13-21/h14-16H,4-13H2,1-3H3. The van der Waals surface area contributed by atoms with Crippen LogP contribution in [-0.4, -0.2) is 53.6 Å². The molecule has 24 heavy (non-hydrogen) atoms. The van der Waals surface area contributed by atoms with Gasteiger partial charge < -0.3 is 14.5 Å². The van der Waals surface area contributed by atoms with Crippen LogP contribution in [0.25, 0.3) is 0 Å². The molecule has 2 aliphatic heterocycles. The molecular formula is C19H32N2O3. The number of ether oxygens (including phenoxy) is 1. The highest BCUT2D eigenvalue weighted by atomic mass is 16.6. The quantitative estimate of drug-likeness (QED) is 0.738. The maximum atomic E-state index is 12.8. The van der Waals surface area contributed by atoms with Gasteiger partial charge in [-0.25, -0.2) is 4.79 Å². The van der Waals surface area contributed by atoms with Gasteiger partial charge in [0.25, 0.3) is 0 Å². The summed E-state index contributed by atoms with van der Waals surface area (Å²) < 4.78 is 5.43. The lowest BCUT2D eigenvalue weighted by Gasteiger charge is -2.34. The summed E-state index contributed by atoms with van der Waals surface area (Å²) in [6.45, 7) is 8.85. The highest BCUT2D eigenvalue weighted by Gasteiger charge is 2.39. The molecule has 2 saturated heterocycles. The number of rotatable bonds is 1. The van der Waals surface area contributed by atoms with E-state index in [4.69, 9.17) is 4.74 Å². The molecule has 0 aromatic rings. The Kier molecular flexibility index (Phi) is 5.07. The van der Waals surface area contributed by atoms with E-state index >= 15 is 0 Å². The summed E-state index contributed by atoms with van der Waals surface area (Å²) in [4.78, 5) is 28.8. The average Bonchev–Trinajstić information content (AvgIpc) is 2.96. The van der Waals surface area contributed by atoms with Gasteiger partial charge in [0.2, 0.25) is 5.91 Å². The molecule has 2 unspecified atom stereocenters. The van der Waals surface area contributed by atoms with Crippen molar-refractivity contribution in [2.45, 2.75) is 64.9 Å². The second kappa shape index (κ2) is 6.93. The molecule has 1 saturated carbocycles. The van der Waals surface area contributed by atoms with E-state index in [0.29, 0.717) is 19.0 Å². The molecule has 2 atom stereocenters. The molecule has 2 amide bonds. The lowest BCUT2D eigenvalue weighted by molar-refractivity contribution is -0.136. The molecule has 0 bridgehead atoms. The third-order valence-corrected chi connectivity index (χ3v) is 5.78. The largest absolute Gasteiger partial charge is 0.444 e. The maximum Gasteiger partial charge on any atom is 0.410 e. The van der Waals surface area contributed by atoms with Crippen molar-refractivity contribution in [1.82, 2.24) is 9.80 Å². The van der Waals surface area contributed by atoms with Crippen LogP contribution < -0.4 is 0 Å². The molecular weight excluding hydrogens is 304 g/mol. The summed E-state index contributed by atoms with van der Waals surface area (Å²) in [6.07, 6.45) is 6.54. The van der Waals surface area contributed by atoms with Gasteiger partial charge in [-0.05, 0) is 58.3 Å². The molecule has 5 nitrogen and oxygen atoms in total. The number of carbonyl (C=O) groups excluding carboxylic acids is 2. The van der Waals surface area contributed by atoms with E-state index in [-0.39, 0.29) is 12.0 Å². The Labute approximate surface area is 145 Å². The third-order valence-electron chi connectivity index (χ3n) is 5.78. The van der Waals surface area contributed by atoms with Crippen LogP contribution >= 0.6 is 0 Å². The molecule has 0 aromatic carbocycles. The number of piperidine rings is 1. The summed E-state index contributed by atoms with van der Waals surface area (Å²) >= 11 is 0. The van der Waals surface area contributed by atoms with Gasteiger partial charge >= 0.3 is 6.09 Å². The van der Waals surface area contributed by atoms with Crippen LogP contribution in [0.1, 0.15) is 59.3 Å². The predicted molar refractivity (Wildman–Crippen MR) is 92.6 cm³/mol. The minimum absolute atomic E-state index is 0.0869. The Hall–Kier alpha value is -1.26. The van der Waals surface area contributed by atoms with Crippen LogP contribution in [0, 0.1) is 17.8 Å². The number of carbonyl (C=O) groups is 2. The molecule has 136 valence electrons. The normalized spacial score (nSPS) is 28.6. The van der Waals surface area contributed by atoms with Crippen molar-refractivity contribution >= 4 is 12.0 Å². The molecule has 0 aromatic heterocycles. The van der Waals surface area contributed by atoms with E-state index in [0.717, 1.165) is 37.8 Å². The SMILES string of the molecule is CC(C)(C)OC(=O)N1CCC(C(=O)N2CC3CCCCC3C2)CC1. The molecule has 0 spiro atoms. The fourth-order valence-corrected chi connectivity index (χ4v) is 4.48. The van der Waals surface area contributed by atoms with Crippen LogP contribution in [-0.2, 0) is 9.53 Å². The number of amides is 2. The zero-order valence-corrected chi connectivity index (χ0v) is 15.4. The van der Waals surface area contributed by atoms with Gasteiger partial charge in [0.15, 0.2) is 0 Å². The molecule has 0 radical (unpaired) electrons. The second-order valence-corrected chi connectivity index (χ2v) is 8.79. The summed E-state index contributed by atoms with van der Waals surface area (Å²) in [7, 11) is 0. The summed E-state index contributed by atoms with van der Waals surface area (Å²) in [5.41, 5.74) is -0.463. The van der Waals surface area contributed by atoms with E-state index in [2.05, 4.69) is 4.90 Å². The van der Waals surface area contributed by atoms with Gasteiger partial charge in [0.05, 0.1) is 0 Å². The lowest BCUT2D eigenvalue weighted by Crippen LogP contribution is -2.45. The maximum absolute atomic E-state index is 12.8. The van der Waals surface area contributed by atoms with Gasteiger partial charge in [-0.3, -0.25) is 4.79 Å². The van der Waals surface area contributed by atoms with E-state index in [1.807, 2.05) is 20.8 Å². The Morgan fingerprint density at radius 2 is 1.42 bits per heavy atom. The van der Waals surface area contributed by atoms with Crippen molar-refractivity contribution in [2.24, 2.45) is 17.8 Å². The smallest absolute Gasteiger partial charge is 0.410 e. The van der Waals surface area contributed by atoms with Gasteiger partial charge in [0, 0.05) is 32.1 Å². The zero-order valence-electron chi connectivity index (χ0n) is 15.4. The highest BCUT2D eigenvalue weighted by molar-refractivity contribution is 5.79. The van der Waals surface area contributed by atoms with Crippen LogP contribution in [0.3, 0.4) is 0 Å². The fraction of sp³-hybridized carbons (Fsp3) is 0.895. The Bertz CT molecular complexity index is 463. The molecule has 1 aliphatic carbocycles. The first-order valence-electron chi connectivity index (χ1n) is 9.60. The Balaban J connectivity index is 1.48. The van der Waals surface area contributed by atoms with Crippen molar-refractivity contribution < 1.29 is 14.3 Å². The monoisotopic (exact) mass is 336 g/mol. The van der Waals surface area contributed by atoms with Gasteiger partial charge in [-0.2, -0.15) is 0 Å². The van der Waals surface area contributed by atoms with Gasteiger partial charge in [-0.1, -0.05) is 12.8 Å². The number of hydrogen-bond donors (Lipinski definition) is 0. The Morgan fingerprint density at radius 1 is 0.875 bits per heavy atom. The van der Waals surface area contributed by atoms with E-state index < -0.39 is 5.60 Å². The lowest BCUT2D eigenvalue weighted by atomic mass is 9.82. The first-order valence-corrected chi connectivity index (χ1v) is 9.60. The number of hydrogen-bond acceptors (Lipinski definition) is 3. The average molecular weight is 336 g/mol. The number of fused-ring (bicyclic) bond motifs is 1. The van der Waals surface area contributed by atoms with Crippen LogP contribution in [0.2, 0.25) is 0 Å². The van der Waals surface area contributed by atoms with E-state index in [9.17, 15) is 9.59 Å². The van der Waals surface area contributed by atoms with Crippen molar-refractivity contribution in [1.29, 1.82) is 0 Å². The first-order chi connectivity index (χ1) is 11.3. The summed E-state index contributed by atoms with van der Waals surface area (Å²) in [5, 5.41) is 0. The zero-order chi connectivity index (χ0) is 17.3. The van der Waals surface area contributed by atoms with E-state index in [1.54, 1.807) is 4.90 Å². The minimum Gasteiger partial charge on any atom is -0.444 e. The predicted octanol–water partition coefficient (Wildman–Crippen LogP) is 3.28. The van der Waals surface area contributed by atoms with Crippen molar-refractivity contribution in [3.63, 3.8) is 0 Å². The number of likely N-dealkylation sites (tertiary alicyclic amines) is 2. The molecule has 5 heteroatoms. The second-order valence-electron chi connectivity index (χ2n) is 8.79. The van der Waals surface area contributed by atoms with Crippen molar-refractivity contribution in [3.05, 3.63) is 0 Å². The summed E-state index contributed by atoms with van der Waals surface area (Å²) in [6, 6.07) is 0. The minimum atomic E-state index is -0.463. The van der Waals surface area contributed by atoms with Crippen molar-refractivity contribution in [3.8, 4) is 0 Å². The summed E-state index contributed by atoms with van der Waals surface area (Å²) in [5.74, 6) is 1.89. The van der Waals surface area contributed by atoms with Crippen molar-refractivity contribution in [2.75, 3.05) is 26.2 Å². The number of nitrogens with zero attached hydrogens (tertiary/aromatic N) is 2. The fourth-order valence-electron chi connectivity index (χ4n) is 4.48. The molecule has 3 rings (SSSR count). The topological polar surface area (TPSA) is 49.9 Å².